The molecule has 5 saturated heterocycles. The third-order valence-corrected chi connectivity index (χ3v) is 15.9. The molecule has 2 bridgehead atoms. The first kappa shape index (κ1) is 48.9. The van der Waals surface area contributed by atoms with Crippen LogP contribution in [0.15, 0.2) is 66.9 Å². The van der Waals surface area contributed by atoms with Gasteiger partial charge in [-0.3, -0.25) is 39.3 Å². The number of nitrogens with zero attached hydrogens (tertiary/aromatic N) is 7. The number of unbranched alkanes of at least 4 members (excludes halogenated alkanes) is 3. The van der Waals surface area contributed by atoms with Crippen LogP contribution in [0, 0.1) is 24.0 Å². The lowest BCUT2D eigenvalue weighted by Crippen LogP contribution is -2.54. The lowest BCUT2D eigenvalue weighted by atomic mass is 9.94. The van der Waals surface area contributed by atoms with Crippen molar-refractivity contribution in [3.8, 4) is 29.6 Å². The first-order valence-electron chi connectivity index (χ1n) is 25.6. The first-order chi connectivity index (χ1) is 35.8. The molecule has 5 aromatic rings. The number of aromatic nitrogens is 3. The molecule has 5 amide bonds. The molecule has 6 aliphatic rings. The highest BCUT2D eigenvalue weighted by Gasteiger charge is 2.52. The van der Waals surface area contributed by atoms with E-state index in [4.69, 9.17) is 25.9 Å². The fraction of sp³-hybridized carbons (Fsp3) is 0.429. The summed E-state index contributed by atoms with van der Waals surface area (Å²) < 4.78 is 44.7. The molecule has 3 aromatic carbocycles. The topological polar surface area (TPSA) is 180 Å². The van der Waals surface area contributed by atoms with Gasteiger partial charge < -0.3 is 24.6 Å². The number of benzene rings is 3. The van der Waals surface area contributed by atoms with E-state index in [9.17, 15) is 24.0 Å². The maximum Gasteiger partial charge on any atom is 0.409 e. The second-order valence-corrected chi connectivity index (χ2v) is 20.8. The minimum absolute atomic E-state index is 0.00943. The maximum absolute atomic E-state index is 17.2. The highest BCUT2D eigenvalue weighted by Crippen LogP contribution is 2.45. The number of hydrogen-bond acceptors (Lipinski definition) is 13. The van der Waals surface area contributed by atoms with Crippen molar-refractivity contribution in [2.75, 3.05) is 51.3 Å². The summed E-state index contributed by atoms with van der Waals surface area (Å²) in [4.78, 5) is 85.0. The number of anilines is 1. The second-order valence-electron chi connectivity index (χ2n) is 20.8. The smallest absolute Gasteiger partial charge is 0.409 e. The average molecular weight is 1010 g/mol. The average Bonchev–Trinajstić information content (AvgIpc) is 4.10. The molecular formula is C56H57F2N9O7. The molecule has 3 unspecified atom stereocenters. The SMILES string of the molecule is C#Cc1c(F)ccc2cccc(-c3ncc4c(N5CC6CCC(C5)N6)nc(OC[C@@]56CC[C@@H](COC(=O)N(C)CCCCCCc7ccc8c(c7)C(=O)N(C7CCC(=O)NC7=O)C8=O)N5CC(=C)C6)nc4c3F)c12. The van der Waals surface area contributed by atoms with Crippen LogP contribution in [0.5, 0.6) is 6.01 Å². The number of fused-ring (bicyclic) bond motifs is 6. The number of amides is 5. The first-order valence-corrected chi connectivity index (χ1v) is 25.6. The third kappa shape index (κ3) is 8.99. The Kier molecular flexibility index (Phi) is 13.1. The monoisotopic (exact) mass is 1010 g/mol. The standard InChI is InChI=1S/C56H57F2N9O7/c1-4-38-43(57)18-14-34-11-9-12-40(46(34)38)48-47(58)49-42(26-59-48)50(65-28-35-15-16-36(29-65)60-35)63-54(62-49)74-31-56-22-21-37(66(56)27-32(2)25-56)30-73-55(72)64(3)23-8-6-5-7-10-33-13-17-39-41(24-33)53(71)67(52(39)70)44-19-20-45(68)61-51(44)69/h1,9,11-14,17-18,24,26,35-37,44,60H,2,5-8,10,15-16,19-23,25,27-31H2,3H3,(H,61,68,69)/t35?,36?,37-,44?,56-/m0/s1. The van der Waals surface area contributed by atoms with Crippen molar-refractivity contribution in [3.63, 3.8) is 0 Å². The van der Waals surface area contributed by atoms with Gasteiger partial charge >= 0.3 is 12.1 Å². The summed E-state index contributed by atoms with van der Waals surface area (Å²) in [5, 5.41) is 7.36. The molecule has 0 aliphatic carbocycles. The number of carbonyl (C=O) groups excluding carboxylic acids is 5. The number of imide groups is 2. The Balaban J connectivity index is 0.708. The summed E-state index contributed by atoms with van der Waals surface area (Å²) in [5.41, 5.74) is 2.43. The van der Waals surface area contributed by atoms with E-state index in [0.29, 0.717) is 66.6 Å². The molecule has 0 spiro atoms. The maximum atomic E-state index is 17.2. The molecule has 16 nitrogen and oxygen atoms in total. The Bertz CT molecular complexity index is 3200. The predicted octanol–water partition coefficient (Wildman–Crippen LogP) is 6.86. The van der Waals surface area contributed by atoms with Gasteiger partial charge in [0, 0.05) is 74.9 Å². The van der Waals surface area contributed by atoms with Crippen molar-refractivity contribution >= 4 is 57.2 Å². The number of ether oxygens (including phenoxy) is 2. The molecule has 2 aromatic heterocycles. The molecule has 5 fully saturated rings. The van der Waals surface area contributed by atoms with Crippen LogP contribution in [-0.2, 0) is 20.7 Å². The Morgan fingerprint density at radius 2 is 1.76 bits per heavy atom. The minimum Gasteiger partial charge on any atom is -0.461 e. The number of hydrogen-bond donors (Lipinski definition) is 2. The molecule has 0 radical (unpaired) electrons. The number of carbonyl (C=O) groups is 5. The van der Waals surface area contributed by atoms with Gasteiger partial charge in [-0.25, -0.2) is 13.6 Å². The van der Waals surface area contributed by atoms with Gasteiger partial charge in [0.25, 0.3) is 11.8 Å². The largest absolute Gasteiger partial charge is 0.461 e. The van der Waals surface area contributed by atoms with Crippen molar-refractivity contribution in [2.24, 2.45) is 0 Å². The summed E-state index contributed by atoms with van der Waals surface area (Å²) in [6, 6.07) is 12.9. The summed E-state index contributed by atoms with van der Waals surface area (Å²) in [7, 11) is 1.73. The molecule has 74 heavy (non-hydrogen) atoms. The fourth-order valence-corrected chi connectivity index (χ4v) is 12.2. The summed E-state index contributed by atoms with van der Waals surface area (Å²) in [6.45, 7) is 7.22. The van der Waals surface area contributed by atoms with Gasteiger partial charge in [0.1, 0.15) is 42.1 Å². The van der Waals surface area contributed by atoms with Crippen molar-refractivity contribution < 1.29 is 42.2 Å². The molecule has 11 rings (SSSR count). The zero-order chi connectivity index (χ0) is 51.4. The second kappa shape index (κ2) is 19.8. The van der Waals surface area contributed by atoms with Crippen LogP contribution in [0.25, 0.3) is 32.9 Å². The lowest BCUT2D eigenvalue weighted by Gasteiger charge is -2.35. The van der Waals surface area contributed by atoms with Gasteiger partial charge in [0.15, 0.2) is 5.82 Å². The van der Waals surface area contributed by atoms with Crippen LogP contribution >= 0.6 is 0 Å². The van der Waals surface area contributed by atoms with E-state index in [1.165, 1.54) is 6.07 Å². The van der Waals surface area contributed by atoms with Gasteiger partial charge in [-0.15, -0.1) is 6.42 Å². The van der Waals surface area contributed by atoms with E-state index < -0.39 is 52.9 Å². The fourth-order valence-electron chi connectivity index (χ4n) is 12.2. The highest BCUT2D eigenvalue weighted by atomic mass is 19.1. The van der Waals surface area contributed by atoms with E-state index in [2.05, 4.69) is 37.9 Å². The van der Waals surface area contributed by atoms with Crippen LogP contribution in [-0.4, -0.2) is 136 Å². The van der Waals surface area contributed by atoms with Gasteiger partial charge in [0.2, 0.25) is 11.8 Å². The van der Waals surface area contributed by atoms with Gasteiger partial charge in [-0.05, 0) is 86.9 Å². The molecule has 6 aliphatic heterocycles. The number of terminal acetylenes is 1. The quantitative estimate of drug-likeness (QED) is 0.0482. The number of aryl methyl sites for hydroxylation is 1. The van der Waals surface area contributed by atoms with Crippen LogP contribution in [0.1, 0.15) is 102 Å². The summed E-state index contributed by atoms with van der Waals surface area (Å²) in [5.74, 6) is -0.373. The van der Waals surface area contributed by atoms with E-state index in [-0.39, 0.29) is 78.1 Å². The highest BCUT2D eigenvalue weighted by molar-refractivity contribution is 6.23. The van der Waals surface area contributed by atoms with Gasteiger partial charge in [-0.1, -0.05) is 61.2 Å². The molecule has 2 N–H and O–H groups in total. The molecule has 18 heteroatoms. The Morgan fingerprint density at radius 1 is 0.959 bits per heavy atom. The third-order valence-electron chi connectivity index (χ3n) is 15.9. The van der Waals surface area contributed by atoms with Crippen molar-refractivity contribution in [3.05, 3.63) is 101 Å². The zero-order valence-electron chi connectivity index (χ0n) is 41.3. The summed E-state index contributed by atoms with van der Waals surface area (Å²) in [6.07, 6.45) is 15.5. The number of pyridine rings is 1. The number of halogens is 2. The van der Waals surface area contributed by atoms with Gasteiger partial charge in [0.05, 0.1) is 27.6 Å². The van der Waals surface area contributed by atoms with Crippen molar-refractivity contribution in [1.29, 1.82) is 0 Å². The van der Waals surface area contributed by atoms with E-state index in [0.717, 1.165) is 67.4 Å². The number of piperazine rings is 1. The summed E-state index contributed by atoms with van der Waals surface area (Å²) >= 11 is 0. The van der Waals surface area contributed by atoms with Crippen LogP contribution in [0.2, 0.25) is 0 Å². The van der Waals surface area contributed by atoms with E-state index >= 15 is 8.78 Å². The van der Waals surface area contributed by atoms with Gasteiger partial charge in [-0.2, -0.15) is 9.97 Å². The van der Waals surface area contributed by atoms with Crippen LogP contribution in [0.4, 0.5) is 19.4 Å². The molecule has 8 heterocycles. The Hall–Kier alpha value is -7.36. The number of nitrogens with one attached hydrogen (secondary N) is 2. The molecule has 382 valence electrons. The molecule has 5 atom stereocenters. The predicted molar refractivity (Wildman–Crippen MR) is 271 cm³/mol. The van der Waals surface area contributed by atoms with Crippen molar-refractivity contribution in [1.82, 2.24) is 40.3 Å². The lowest BCUT2D eigenvalue weighted by molar-refractivity contribution is -0.136. The van der Waals surface area contributed by atoms with Crippen LogP contribution in [0.3, 0.4) is 0 Å². The molecule has 0 saturated carbocycles. The van der Waals surface area contributed by atoms with E-state index in [1.807, 2.05) is 6.07 Å². The number of rotatable bonds is 15. The minimum atomic E-state index is -1.00. The Morgan fingerprint density at radius 3 is 2.55 bits per heavy atom. The van der Waals surface area contributed by atoms with Crippen LogP contribution < -0.4 is 20.3 Å². The Labute approximate surface area is 426 Å². The van der Waals surface area contributed by atoms with Crippen molar-refractivity contribution in [2.45, 2.75) is 107 Å². The zero-order valence-corrected chi connectivity index (χ0v) is 41.3. The molecular weight excluding hydrogens is 949 g/mol. The van der Waals surface area contributed by atoms with E-state index in [1.54, 1.807) is 54.5 Å². The normalized spacial score (nSPS) is 23.4. The number of piperidine rings is 1.